The highest BCUT2D eigenvalue weighted by molar-refractivity contribution is 5.89. The summed E-state index contributed by atoms with van der Waals surface area (Å²) in [6, 6.07) is 3.56. The van der Waals surface area contributed by atoms with Crippen LogP contribution in [0.15, 0.2) is 18.3 Å². The molecule has 2 aromatic heterocycles. The van der Waals surface area contributed by atoms with Crippen molar-refractivity contribution in [2.24, 2.45) is 0 Å². The maximum Gasteiger partial charge on any atom is 0.221 e. The Labute approximate surface area is 80.8 Å². The zero-order chi connectivity index (χ0) is 10.1. The summed E-state index contributed by atoms with van der Waals surface area (Å²) in [6.45, 7) is 3.30. The van der Waals surface area contributed by atoms with Gasteiger partial charge in [-0.05, 0) is 13.0 Å². The van der Waals surface area contributed by atoms with Gasteiger partial charge in [-0.1, -0.05) is 0 Å². The second-order valence-corrected chi connectivity index (χ2v) is 3.06. The smallest absolute Gasteiger partial charge is 0.221 e. The molecule has 1 N–H and O–H groups in total. The fourth-order valence-electron chi connectivity index (χ4n) is 1.27. The Morgan fingerprint density at radius 3 is 3.07 bits per heavy atom. The van der Waals surface area contributed by atoms with Crippen LogP contribution in [0.3, 0.4) is 0 Å². The largest absolute Gasteiger partial charge is 0.326 e. The average Bonchev–Trinajstić information content (AvgIpc) is 2.42. The summed E-state index contributed by atoms with van der Waals surface area (Å²) in [5, 5.41) is 6.81. The van der Waals surface area contributed by atoms with Crippen molar-refractivity contribution < 1.29 is 4.79 Å². The summed E-state index contributed by atoms with van der Waals surface area (Å²) in [5.41, 5.74) is 1.46. The molecule has 0 aromatic carbocycles. The summed E-state index contributed by atoms with van der Waals surface area (Å²) in [7, 11) is 0. The molecule has 72 valence electrons. The van der Waals surface area contributed by atoms with Gasteiger partial charge in [0.25, 0.3) is 0 Å². The van der Waals surface area contributed by atoms with Crippen molar-refractivity contribution in [1.29, 1.82) is 0 Å². The summed E-state index contributed by atoms with van der Waals surface area (Å²) < 4.78 is 1.67. The number of nitrogens with one attached hydrogen (secondary N) is 1. The Hall–Kier alpha value is -1.91. The van der Waals surface area contributed by atoms with E-state index in [2.05, 4.69) is 15.4 Å². The Balaban J connectivity index is 2.45. The van der Waals surface area contributed by atoms with E-state index in [1.165, 1.54) is 6.92 Å². The third-order valence-corrected chi connectivity index (χ3v) is 1.76. The third-order valence-electron chi connectivity index (χ3n) is 1.76. The number of hydrogen-bond donors (Lipinski definition) is 1. The molecule has 2 aromatic rings. The number of pyridine rings is 1. The number of carbonyl (C=O) groups excluding carboxylic acids is 1. The van der Waals surface area contributed by atoms with E-state index in [-0.39, 0.29) is 5.91 Å². The summed E-state index contributed by atoms with van der Waals surface area (Å²) in [5.74, 6) is 0.621. The Kier molecular flexibility index (Phi) is 1.92. The van der Waals surface area contributed by atoms with Gasteiger partial charge in [0.1, 0.15) is 5.82 Å². The zero-order valence-corrected chi connectivity index (χ0v) is 7.98. The molecular weight excluding hydrogens is 180 g/mol. The number of carbonyl (C=O) groups is 1. The lowest BCUT2D eigenvalue weighted by Gasteiger charge is -2.00. The van der Waals surface area contributed by atoms with Crippen LogP contribution in [0.1, 0.15) is 12.7 Å². The average molecular weight is 190 g/mol. The van der Waals surface area contributed by atoms with Crippen LogP contribution in [0.4, 0.5) is 5.69 Å². The van der Waals surface area contributed by atoms with Gasteiger partial charge in [0.15, 0.2) is 5.65 Å². The lowest BCUT2D eigenvalue weighted by atomic mass is 10.4. The van der Waals surface area contributed by atoms with E-state index < -0.39 is 0 Å². The third kappa shape index (κ3) is 1.56. The van der Waals surface area contributed by atoms with E-state index in [0.29, 0.717) is 5.82 Å². The number of anilines is 1. The number of fused-ring (bicyclic) bond motifs is 1. The van der Waals surface area contributed by atoms with Gasteiger partial charge < -0.3 is 5.32 Å². The van der Waals surface area contributed by atoms with Gasteiger partial charge in [-0.3, -0.25) is 4.79 Å². The Bertz CT molecular complexity index is 489. The molecule has 0 aliphatic carbocycles. The maximum atomic E-state index is 10.8. The van der Waals surface area contributed by atoms with Gasteiger partial charge in [0.05, 0.1) is 0 Å². The van der Waals surface area contributed by atoms with E-state index >= 15 is 0 Å². The number of rotatable bonds is 1. The SMILES string of the molecule is CC(=O)Nc1ccn2nc(C)nc2c1. The van der Waals surface area contributed by atoms with Crippen molar-refractivity contribution in [1.82, 2.24) is 14.6 Å². The number of nitrogens with zero attached hydrogens (tertiary/aromatic N) is 3. The van der Waals surface area contributed by atoms with Crippen molar-refractivity contribution in [2.45, 2.75) is 13.8 Å². The van der Waals surface area contributed by atoms with Crippen molar-refractivity contribution in [3.63, 3.8) is 0 Å². The summed E-state index contributed by atoms with van der Waals surface area (Å²) in [6.07, 6.45) is 1.76. The highest BCUT2D eigenvalue weighted by atomic mass is 16.1. The minimum atomic E-state index is -0.0920. The van der Waals surface area contributed by atoms with E-state index in [1.807, 2.05) is 6.92 Å². The number of aromatic nitrogens is 3. The van der Waals surface area contributed by atoms with Crippen LogP contribution in [0.2, 0.25) is 0 Å². The van der Waals surface area contributed by atoms with Crippen LogP contribution in [0.5, 0.6) is 0 Å². The van der Waals surface area contributed by atoms with E-state index in [4.69, 9.17) is 0 Å². The zero-order valence-electron chi connectivity index (χ0n) is 7.98. The molecule has 5 nitrogen and oxygen atoms in total. The van der Waals surface area contributed by atoms with Crippen LogP contribution in [-0.2, 0) is 4.79 Å². The predicted molar refractivity (Wildman–Crippen MR) is 52.0 cm³/mol. The lowest BCUT2D eigenvalue weighted by molar-refractivity contribution is -0.114. The van der Waals surface area contributed by atoms with Gasteiger partial charge >= 0.3 is 0 Å². The first-order valence-corrected chi connectivity index (χ1v) is 4.26. The van der Waals surface area contributed by atoms with E-state index in [9.17, 15) is 4.79 Å². The Morgan fingerprint density at radius 1 is 1.57 bits per heavy atom. The molecule has 14 heavy (non-hydrogen) atoms. The first-order chi connectivity index (χ1) is 6.65. The molecule has 0 saturated heterocycles. The molecule has 0 saturated carbocycles. The van der Waals surface area contributed by atoms with E-state index in [1.54, 1.807) is 22.8 Å². The molecule has 0 spiro atoms. The molecule has 0 unspecified atom stereocenters. The van der Waals surface area contributed by atoms with Gasteiger partial charge in [-0.2, -0.15) is 5.10 Å². The van der Waals surface area contributed by atoms with Crippen molar-refractivity contribution in [3.8, 4) is 0 Å². The number of hydrogen-bond acceptors (Lipinski definition) is 3. The molecule has 0 radical (unpaired) electrons. The molecule has 1 amide bonds. The van der Waals surface area contributed by atoms with Crippen molar-refractivity contribution >= 4 is 17.2 Å². The monoisotopic (exact) mass is 190 g/mol. The Morgan fingerprint density at radius 2 is 2.36 bits per heavy atom. The summed E-state index contributed by atoms with van der Waals surface area (Å²) in [4.78, 5) is 15.0. The van der Waals surface area contributed by atoms with Crippen LogP contribution in [0.25, 0.3) is 5.65 Å². The lowest BCUT2D eigenvalue weighted by Crippen LogP contribution is -2.05. The molecule has 0 bridgehead atoms. The van der Waals surface area contributed by atoms with Gasteiger partial charge in [-0.15, -0.1) is 0 Å². The fourth-order valence-corrected chi connectivity index (χ4v) is 1.27. The van der Waals surface area contributed by atoms with E-state index in [0.717, 1.165) is 11.3 Å². The first kappa shape index (κ1) is 8.68. The molecule has 2 rings (SSSR count). The summed E-state index contributed by atoms with van der Waals surface area (Å²) >= 11 is 0. The van der Waals surface area contributed by atoms with Crippen LogP contribution in [0, 0.1) is 6.92 Å². The van der Waals surface area contributed by atoms with Crippen LogP contribution >= 0.6 is 0 Å². The minimum Gasteiger partial charge on any atom is -0.326 e. The van der Waals surface area contributed by atoms with Crippen LogP contribution in [-0.4, -0.2) is 20.5 Å². The fraction of sp³-hybridized carbons (Fsp3) is 0.222. The second kappa shape index (κ2) is 3.10. The predicted octanol–water partition coefficient (Wildman–Crippen LogP) is 0.996. The molecule has 0 fully saturated rings. The van der Waals surface area contributed by atoms with Crippen molar-refractivity contribution in [3.05, 3.63) is 24.2 Å². The quantitative estimate of drug-likeness (QED) is 0.729. The normalized spacial score (nSPS) is 10.4. The van der Waals surface area contributed by atoms with Gasteiger partial charge in [0, 0.05) is 24.9 Å². The number of aryl methyl sites for hydroxylation is 1. The molecule has 5 heteroatoms. The highest BCUT2D eigenvalue weighted by Gasteiger charge is 2.01. The van der Waals surface area contributed by atoms with Gasteiger partial charge in [0.2, 0.25) is 5.91 Å². The highest BCUT2D eigenvalue weighted by Crippen LogP contribution is 2.09. The molecule has 0 aliphatic heterocycles. The standard InChI is InChI=1S/C9H10N4O/c1-6-10-9-5-8(11-7(2)14)3-4-13(9)12-6/h3-5H,1-2H3,(H,11,14). The molecule has 2 heterocycles. The number of amides is 1. The second-order valence-electron chi connectivity index (χ2n) is 3.06. The van der Waals surface area contributed by atoms with Gasteiger partial charge in [-0.25, -0.2) is 9.50 Å². The molecular formula is C9H10N4O. The van der Waals surface area contributed by atoms with Crippen molar-refractivity contribution in [2.75, 3.05) is 5.32 Å². The maximum absolute atomic E-state index is 10.8. The minimum absolute atomic E-state index is 0.0920. The first-order valence-electron chi connectivity index (χ1n) is 4.26. The topological polar surface area (TPSA) is 59.3 Å². The molecule has 0 atom stereocenters. The van der Waals surface area contributed by atoms with Crippen LogP contribution < -0.4 is 5.32 Å². The molecule has 0 aliphatic rings.